The molecule has 3 aliphatic rings. The Hall–Kier alpha value is -2.37. The van der Waals surface area contributed by atoms with E-state index in [1.165, 1.54) is 25.0 Å². The van der Waals surface area contributed by atoms with Crippen LogP contribution >= 0.6 is 11.6 Å². The van der Waals surface area contributed by atoms with Crippen LogP contribution in [0.2, 0.25) is 5.02 Å². The second kappa shape index (κ2) is 8.35. The van der Waals surface area contributed by atoms with Crippen molar-refractivity contribution in [1.29, 1.82) is 0 Å². The Labute approximate surface area is 212 Å². The van der Waals surface area contributed by atoms with Gasteiger partial charge in [0.15, 0.2) is 0 Å². The van der Waals surface area contributed by atoms with E-state index in [9.17, 15) is 14.8 Å². The van der Waals surface area contributed by atoms with Crippen molar-refractivity contribution < 1.29 is 19.5 Å². The summed E-state index contributed by atoms with van der Waals surface area (Å²) < 4.78 is 6.28. The topological polar surface area (TPSA) is 66.8 Å². The van der Waals surface area contributed by atoms with Gasteiger partial charge in [-0.15, -0.1) is 0 Å². The van der Waals surface area contributed by atoms with Crippen molar-refractivity contribution in [2.75, 3.05) is 5.06 Å². The molecule has 2 aromatic rings. The predicted molar refractivity (Wildman–Crippen MR) is 136 cm³/mol. The summed E-state index contributed by atoms with van der Waals surface area (Å²) in [5.74, 6) is 0.595. The molecule has 3 fully saturated rings. The van der Waals surface area contributed by atoms with Crippen molar-refractivity contribution in [2.45, 2.75) is 65.4 Å². The van der Waals surface area contributed by atoms with Gasteiger partial charge >= 0.3 is 5.97 Å². The van der Waals surface area contributed by atoms with Crippen LogP contribution in [0.5, 0.6) is 0 Å². The summed E-state index contributed by atoms with van der Waals surface area (Å²) in [4.78, 5) is 26.1. The molecule has 1 spiro atoms. The van der Waals surface area contributed by atoms with Crippen LogP contribution in [0.4, 0.5) is 5.69 Å². The van der Waals surface area contributed by atoms with Gasteiger partial charge in [-0.3, -0.25) is 10.0 Å². The Morgan fingerprint density at radius 3 is 2.43 bits per heavy atom. The third-order valence-corrected chi connectivity index (χ3v) is 10.0. The standard InChI is InChI=1S/C29H34ClNO4/c1-18-10-13-23-27(2,3)24-17-29(18,23)15-14-28(24,4)35-26(33)20-11-12-21(30)22(16-20)31(34)25(32)19-8-6-5-7-9-19/h5-9,11-12,16,18,23-24,34H,10,13-15,17H2,1-4H3/t18-,23+,24-,28-,29+/m1/s1. The fourth-order valence-electron chi connectivity index (χ4n) is 7.87. The third kappa shape index (κ3) is 3.70. The van der Waals surface area contributed by atoms with Crippen molar-refractivity contribution in [1.82, 2.24) is 0 Å². The first-order valence-corrected chi connectivity index (χ1v) is 13.0. The van der Waals surface area contributed by atoms with E-state index in [0.29, 0.717) is 33.8 Å². The number of hydrogen-bond donors (Lipinski definition) is 1. The molecule has 35 heavy (non-hydrogen) atoms. The van der Waals surface area contributed by atoms with Gasteiger partial charge < -0.3 is 4.74 Å². The summed E-state index contributed by atoms with van der Waals surface area (Å²) in [7, 11) is 0. The number of rotatable bonds is 4. The number of ether oxygens (including phenoxy) is 1. The number of hydrogen-bond acceptors (Lipinski definition) is 4. The molecule has 6 heteroatoms. The van der Waals surface area contributed by atoms with Crippen LogP contribution in [-0.4, -0.2) is 22.7 Å². The van der Waals surface area contributed by atoms with Crippen LogP contribution in [0.25, 0.3) is 0 Å². The summed E-state index contributed by atoms with van der Waals surface area (Å²) in [6.07, 6.45) is 5.61. The monoisotopic (exact) mass is 495 g/mol. The Morgan fingerprint density at radius 2 is 1.71 bits per heavy atom. The average molecular weight is 496 g/mol. The second-order valence-corrected chi connectivity index (χ2v) is 12.1. The number of fused-ring (bicyclic) bond motifs is 1. The molecule has 2 bridgehead atoms. The number of amides is 1. The van der Waals surface area contributed by atoms with Gasteiger partial charge in [-0.2, -0.15) is 5.06 Å². The van der Waals surface area contributed by atoms with Gasteiger partial charge in [0.1, 0.15) is 5.60 Å². The number of carbonyl (C=O) groups is 2. The first-order chi connectivity index (χ1) is 16.5. The van der Waals surface area contributed by atoms with E-state index in [1.807, 2.05) is 0 Å². The highest BCUT2D eigenvalue weighted by Gasteiger charge is 2.68. The highest BCUT2D eigenvalue weighted by atomic mass is 35.5. The normalized spacial score (nSPS) is 32.7. The molecule has 5 atom stereocenters. The maximum atomic E-state index is 13.4. The van der Waals surface area contributed by atoms with Gasteiger partial charge in [-0.05, 0) is 92.0 Å². The Kier molecular flexibility index (Phi) is 5.80. The molecule has 0 unspecified atom stereocenters. The van der Waals surface area contributed by atoms with Crippen LogP contribution in [0.1, 0.15) is 80.5 Å². The largest absolute Gasteiger partial charge is 0.455 e. The summed E-state index contributed by atoms with van der Waals surface area (Å²) in [6.45, 7) is 9.21. The molecular formula is C29H34ClNO4. The molecule has 0 radical (unpaired) electrons. The highest BCUT2D eigenvalue weighted by Crippen LogP contribution is 2.73. The van der Waals surface area contributed by atoms with Gasteiger partial charge in [0, 0.05) is 11.5 Å². The first-order valence-electron chi connectivity index (χ1n) is 12.6. The van der Waals surface area contributed by atoms with E-state index in [-0.39, 0.29) is 21.7 Å². The lowest BCUT2D eigenvalue weighted by Gasteiger charge is -2.46. The van der Waals surface area contributed by atoms with Crippen LogP contribution in [0, 0.1) is 28.6 Å². The molecule has 1 amide bonds. The molecule has 5 nitrogen and oxygen atoms in total. The van der Waals surface area contributed by atoms with Crippen molar-refractivity contribution in [3.8, 4) is 0 Å². The van der Waals surface area contributed by atoms with E-state index < -0.39 is 17.5 Å². The van der Waals surface area contributed by atoms with Gasteiger partial charge in [0.2, 0.25) is 0 Å². The second-order valence-electron chi connectivity index (χ2n) is 11.7. The molecule has 0 aromatic heterocycles. The van der Waals surface area contributed by atoms with Gasteiger partial charge in [0.05, 0.1) is 16.3 Å². The van der Waals surface area contributed by atoms with E-state index in [2.05, 4.69) is 27.7 Å². The quantitative estimate of drug-likeness (QED) is 0.277. The van der Waals surface area contributed by atoms with Crippen molar-refractivity contribution in [2.24, 2.45) is 28.6 Å². The Morgan fingerprint density at radius 1 is 1.00 bits per heavy atom. The zero-order valence-corrected chi connectivity index (χ0v) is 21.6. The zero-order chi connectivity index (χ0) is 25.2. The van der Waals surface area contributed by atoms with Crippen LogP contribution in [-0.2, 0) is 4.74 Å². The molecule has 0 heterocycles. The van der Waals surface area contributed by atoms with E-state index in [0.717, 1.165) is 19.3 Å². The summed E-state index contributed by atoms with van der Waals surface area (Å²) in [6, 6.07) is 12.9. The van der Waals surface area contributed by atoms with E-state index >= 15 is 0 Å². The molecular weight excluding hydrogens is 462 g/mol. The number of halogens is 1. The van der Waals surface area contributed by atoms with Crippen LogP contribution in [0.3, 0.4) is 0 Å². The minimum Gasteiger partial charge on any atom is -0.455 e. The minimum atomic E-state index is -0.629. The SMILES string of the molecule is C[C@@H]1CC[C@H]2C(C)(C)[C@H]3C[C@@]12CC[C@@]3(C)OC(=O)c1ccc(Cl)c(N(O)C(=O)c2ccccc2)c1. The fourth-order valence-corrected chi connectivity index (χ4v) is 8.06. The number of nitrogens with zero attached hydrogens (tertiary/aromatic N) is 1. The Bertz CT molecular complexity index is 1160. The molecule has 5 rings (SSSR count). The summed E-state index contributed by atoms with van der Waals surface area (Å²) >= 11 is 6.30. The van der Waals surface area contributed by atoms with Crippen LogP contribution < -0.4 is 5.06 Å². The molecule has 0 aliphatic heterocycles. The number of hydroxylamine groups is 1. The maximum absolute atomic E-state index is 13.4. The van der Waals surface area contributed by atoms with Gasteiger partial charge in [0.25, 0.3) is 5.91 Å². The smallest absolute Gasteiger partial charge is 0.338 e. The molecule has 186 valence electrons. The molecule has 3 aliphatic carbocycles. The highest BCUT2D eigenvalue weighted by molar-refractivity contribution is 6.34. The van der Waals surface area contributed by atoms with Gasteiger partial charge in [-0.1, -0.05) is 50.6 Å². The lowest BCUT2D eigenvalue weighted by atomic mass is 9.64. The first kappa shape index (κ1) is 24.3. The Balaban J connectivity index is 1.39. The number of benzene rings is 2. The number of esters is 1. The molecule has 0 saturated heterocycles. The third-order valence-electron chi connectivity index (χ3n) is 9.72. The van der Waals surface area contributed by atoms with E-state index in [1.54, 1.807) is 36.4 Å². The number of carbonyl (C=O) groups excluding carboxylic acids is 2. The molecule has 1 N–H and O–H groups in total. The maximum Gasteiger partial charge on any atom is 0.338 e. The predicted octanol–water partition coefficient (Wildman–Crippen LogP) is 7.16. The van der Waals surface area contributed by atoms with E-state index in [4.69, 9.17) is 16.3 Å². The van der Waals surface area contributed by atoms with Gasteiger partial charge in [-0.25, -0.2) is 4.79 Å². The van der Waals surface area contributed by atoms with Crippen molar-refractivity contribution >= 4 is 29.2 Å². The van der Waals surface area contributed by atoms with Crippen LogP contribution in [0.15, 0.2) is 48.5 Å². The van der Waals surface area contributed by atoms with Crippen molar-refractivity contribution in [3.05, 3.63) is 64.7 Å². The summed E-state index contributed by atoms with van der Waals surface area (Å²) in [5.41, 5.74) is 0.538. The van der Waals surface area contributed by atoms with Crippen molar-refractivity contribution in [3.63, 3.8) is 0 Å². The zero-order valence-electron chi connectivity index (χ0n) is 20.9. The summed E-state index contributed by atoms with van der Waals surface area (Å²) in [5, 5.41) is 11.3. The minimum absolute atomic E-state index is 0.0484. The number of anilines is 1. The fraction of sp³-hybridized carbons (Fsp3) is 0.517. The lowest BCUT2D eigenvalue weighted by Crippen LogP contribution is -2.47. The lowest BCUT2D eigenvalue weighted by molar-refractivity contribution is -0.0882. The average Bonchev–Trinajstić information content (AvgIpc) is 3.27. The molecule has 3 saturated carbocycles. The molecule has 2 aromatic carbocycles.